The van der Waals surface area contributed by atoms with Crippen LogP contribution < -0.4 is 4.90 Å². The molecule has 100 valence electrons. The predicted octanol–water partition coefficient (Wildman–Crippen LogP) is 3.57. The van der Waals surface area contributed by atoms with Crippen molar-refractivity contribution in [3.63, 3.8) is 0 Å². The lowest BCUT2D eigenvalue weighted by Gasteiger charge is -2.25. The summed E-state index contributed by atoms with van der Waals surface area (Å²) in [5.74, 6) is 0. The SMILES string of the molecule is CC1=CC=CN(C)C1N=Nc1ccc(N(C)C)cc1. The second-order valence-electron chi connectivity index (χ2n) is 4.92. The molecule has 1 aromatic carbocycles. The van der Waals surface area contributed by atoms with Crippen molar-refractivity contribution in [1.29, 1.82) is 0 Å². The lowest BCUT2D eigenvalue weighted by molar-refractivity contribution is 0.364. The second kappa shape index (κ2) is 5.69. The summed E-state index contributed by atoms with van der Waals surface area (Å²) in [6.45, 7) is 2.07. The van der Waals surface area contributed by atoms with E-state index in [1.807, 2.05) is 62.6 Å². The fraction of sp³-hybridized carbons (Fsp3) is 0.333. The number of hydrogen-bond acceptors (Lipinski definition) is 4. The zero-order chi connectivity index (χ0) is 13.8. The summed E-state index contributed by atoms with van der Waals surface area (Å²) < 4.78 is 0. The first-order valence-electron chi connectivity index (χ1n) is 6.33. The van der Waals surface area contributed by atoms with Crippen LogP contribution in [-0.4, -0.2) is 32.2 Å². The predicted molar refractivity (Wildman–Crippen MR) is 79.7 cm³/mol. The van der Waals surface area contributed by atoms with E-state index in [2.05, 4.69) is 28.1 Å². The molecule has 0 saturated heterocycles. The van der Waals surface area contributed by atoms with E-state index in [0.717, 1.165) is 11.4 Å². The van der Waals surface area contributed by atoms with Gasteiger partial charge in [-0.1, -0.05) is 6.08 Å². The molecule has 0 aromatic heterocycles. The molecule has 1 atom stereocenters. The Morgan fingerprint density at radius 3 is 2.42 bits per heavy atom. The molecule has 19 heavy (non-hydrogen) atoms. The summed E-state index contributed by atoms with van der Waals surface area (Å²) in [7, 11) is 6.05. The molecule has 0 amide bonds. The van der Waals surface area contributed by atoms with Crippen LogP contribution in [0, 0.1) is 0 Å². The number of anilines is 1. The number of allylic oxidation sites excluding steroid dienone is 2. The molecule has 0 N–H and O–H groups in total. The molecule has 0 bridgehead atoms. The molecule has 1 unspecified atom stereocenters. The monoisotopic (exact) mass is 256 g/mol. The third-order valence-electron chi connectivity index (χ3n) is 3.12. The van der Waals surface area contributed by atoms with Crippen LogP contribution in [0.5, 0.6) is 0 Å². The minimum atomic E-state index is -0.00137. The summed E-state index contributed by atoms with van der Waals surface area (Å²) in [5, 5.41) is 8.73. The molecule has 1 aliphatic rings. The van der Waals surface area contributed by atoms with Gasteiger partial charge in [-0.15, -0.1) is 0 Å². The molecule has 0 aliphatic carbocycles. The molecule has 0 radical (unpaired) electrons. The van der Waals surface area contributed by atoms with Crippen LogP contribution >= 0.6 is 0 Å². The third-order valence-corrected chi connectivity index (χ3v) is 3.12. The highest BCUT2D eigenvalue weighted by Gasteiger charge is 2.14. The molecule has 1 aromatic rings. The summed E-state index contributed by atoms with van der Waals surface area (Å²) in [4.78, 5) is 4.11. The quantitative estimate of drug-likeness (QED) is 0.774. The number of rotatable bonds is 3. The molecular formula is C15H20N4. The minimum Gasteiger partial charge on any atom is -0.378 e. The van der Waals surface area contributed by atoms with Crippen molar-refractivity contribution in [3.8, 4) is 0 Å². The molecule has 2 rings (SSSR count). The van der Waals surface area contributed by atoms with Crippen LogP contribution in [0.4, 0.5) is 11.4 Å². The second-order valence-corrected chi connectivity index (χ2v) is 4.92. The molecule has 4 heteroatoms. The normalized spacial score (nSPS) is 18.8. The first-order valence-corrected chi connectivity index (χ1v) is 6.33. The van der Waals surface area contributed by atoms with E-state index in [-0.39, 0.29) is 6.17 Å². The molecule has 0 fully saturated rings. The summed E-state index contributed by atoms with van der Waals surface area (Å²) in [6, 6.07) is 8.05. The van der Waals surface area contributed by atoms with E-state index in [1.54, 1.807) is 0 Å². The van der Waals surface area contributed by atoms with Gasteiger partial charge in [0.1, 0.15) is 0 Å². The Balaban J connectivity index is 2.10. The molecule has 4 nitrogen and oxygen atoms in total. The van der Waals surface area contributed by atoms with Crippen molar-refractivity contribution < 1.29 is 0 Å². The maximum atomic E-state index is 4.41. The molecule has 1 heterocycles. The maximum Gasteiger partial charge on any atom is 0.163 e. The van der Waals surface area contributed by atoms with Gasteiger partial charge in [-0.3, -0.25) is 0 Å². The van der Waals surface area contributed by atoms with Gasteiger partial charge in [0.15, 0.2) is 6.17 Å². The van der Waals surface area contributed by atoms with Crippen molar-refractivity contribution in [2.24, 2.45) is 10.2 Å². The molecular weight excluding hydrogens is 236 g/mol. The highest BCUT2D eigenvalue weighted by atomic mass is 15.3. The van der Waals surface area contributed by atoms with Crippen LogP contribution in [0.3, 0.4) is 0 Å². The van der Waals surface area contributed by atoms with Crippen LogP contribution in [0.1, 0.15) is 6.92 Å². The van der Waals surface area contributed by atoms with Crippen molar-refractivity contribution in [2.75, 3.05) is 26.0 Å². The van der Waals surface area contributed by atoms with Gasteiger partial charge >= 0.3 is 0 Å². The fourth-order valence-electron chi connectivity index (χ4n) is 1.93. The van der Waals surface area contributed by atoms with Gasteiger partial charge in [0.05, 0.1) is 5.69 Å². The Labute approximate surface area is 114 Å². The van der Waals surface area contributed by atoms with Crippen LogP contribution in [0.2, 0.25) is 0 Å². The van der Waals surface area contributed by atoms with E-state index >= 15 is 0 Å². The van der Waals surface area contributed by atoms with Crippen LogP contribution in [0.25, 0.3) is 0 Å². The average Bonchev–Trinajstić information content (AvgIpc) is 2.38. The summed E-state index contributed by atoms with van der Waals surface area (Å²) in [5.41, 5.74) is 3.23. The van der Waals surface area contributed by atoms with E-state index < -0.39 is 0 Å². The van der Waals surface area contributed by atoms with Gasteiger partial charge in [-0.2, -0.15) is 10.2 Å². The standard InChI is InChI=1S/C15H20N4/c1-12-6-5-11-19(4)15(12)17-16-13-7-9-14(10-8-13)18(2)3/h5-11,15H,1-4H3. The van der Waals surface area contributed by atoms with Gasteiger partial charge in [-0.05, 0) is 42.8 Å². The Bertz CT molecular complexity index is 511. The van der Waals surface area contributed by atoms with Gasteiger partial charge in [-0.25, -0.2) is 0 Å². The highest BCUT2D eigenvalue weighted by Crippen LogP contribution is 2.21. The topological polar surface area (TPSA) is 31.2 Å². The maximum absolute atomic E-state index is 4.41. The Hall–Kier alpha value is -2.10. The number of benzene rings is 1. The van der Waals surface area contributed by atoms with Crippen molar-refractivity contribution in [3.05, 3.63) is 48.2 Å². The number of nitrogens with zero attached hydrogens (tertiary/aromatic N) is 4. The van der Waals surface area contributed by atoms with Crippen molar-refractivity contribution in [1.82, 2.24) is 4.90 Å². The van der Waals surface area contributed by atoms with E-state index in [9.17, 15) is 0 Å². The van der Waals surface area contributed by atoms with Gasteiger partial charge in [0.2, 0.25) is 0 Å². The molecule has 0 saturated carbocycles. The van der Waals surface area contributed by atoms with E-state index in [0.29, 0.717) is 0 Å². The fourth-order valence-corrected chi connectivity index (χ4v) is 1.93. The van der Waals surface area contributed by atoms with Crippen LogP contribution in [0.15, 0.2) is 58.4 Å². The van der Waals surface area contributed by atoms with Gasteiger partial charge < -0.3 is 9.80 Å². The van der Waals surface area contributed by atoms with E-state index in [1.165, 1.54) is 5.57 Å². The highest BCUT2D eigenvalue weighted by molar-refractivity contribution is 5.51. The van der Waals surface area contributed by atoms with Crippen LogP contribution in [-0.2, 0) is 0 Å². The Morgan fingerprint density at radius 2 is 1.84 bits per heavy atom. The Morgan fingerprint density at radius 1 is 1.16 bits per heavy atom. The average molecular weight is 256 g/mol. The zero-order valence-electron chi connectivity index (χ0n) is 11.9. The van der Waals surface area contributed by atoms with Crippen molar-refractivity contribution >= 4 is 11.4 Å². The van der Waals surface area contributed by atoms with Gasteiger partial charge in [0.25, 0.3) is 0 Å². The smallest absolute Gasteiger partial charge is 0.163 e. The van der Waals surface area contributed by atoms with Crippen molar-refractivity contribution in [2.45, 2.75) is 13.1 Å². The molecule has 0 spiro atoms. The minimum absolute atomic E-state index is 0.00137. The zero-order valence-corrected chi connectivity index (χ0v) is 11.9. The third kappa shape index (κ3) is 3.22. The first-order chi connectivity index (χ1) is 9.08. The largest absolute Gasteiger partial charge is 0.378 e. The summed E-state index contributed by atoms with van der Waals surface area (Å²) in [6.07, 6.45) is 6.09. The lowest BCUT2D eigenvalue weighted by Crippen LogP contribution is -2.27. The van der Waals surface area contributed by atoms with E-state index in [4.69, 9.17) is 0 Å². The molecule has 1 aliphatic heterocycles. The first kappa shape index (κ1) is 13.3. The summed E-state index contributed by atoms with van der Waals surface area (Å²) >= 11 is 0. The van der Waals surface area contributed by atoms with Gasteiger partial charge in [0, 0.05) is 33.0 Å². The number of azo groups is 1. The number of hydrogen-bond donors (Lipinski definition) is 0. The lowest BCUT2D eigenvalue weighted by atomic mass is 10.2. The number of likely N-dealkylation sites (N-methyl/N-ethyl adjacent to an activating group) is 1. The Kier molecular flexibility index (Phi) is 4.00.